The molecule has 1 aliphatic heterocycles. The van der Waals surface area contributed by atoms with Crippen molar-refractivity contribution in [3.05, 3.63) is 34.1 Å². The van der Waals surface area contributed by atoms with Crippen LogP contribution in [0.1, 0.15) is 11.1 Å². The second-order valence-electron chi connectivity index (χ2n) is 5.14. The van der Waals surface area contributed by atoms with Crippen LogP contribution in [0.25, 0.3) is 0 Å². The average molecular weight is 301 g/mol. The van der Waals surface area contributed by atoms with Gasteiger partial charge < -0.3 is 5.11 Å². The molecule has 1 N–H and O–H groups in total. The van der Waals surface area contributed by atoms with Gasteiger partial charge in [0.25, 0.3) is 0 Å². The van der Waals surface area contributed by atoms with Gasteiger partial charge in [0, 0.05) is 37.7 Å². The molecule has 0 aliphatic carbocycles. The van der Waals surface area contributed by atoms with Gasteiger partial charge in [0.1, 0.15) is 5.82 Å². The number of aliphatic carboxylic acids is 1. The highest BCUT2D eigenvalue weighted by Gasteiger charge is 2.19. The summed E-state index contributed by atoms with van der Waals surface area (Å²) in [5, 5.41) is 9.33. The first kappa shape index (κ1) is 15.2. The fraction of sp³-hybridized carbons (Fsp3) is 0.500. The summed E-state index contributed by atoms with van der Waals surface area (Å²) in [6.07, 6.45) is 0. The normalized spacial score (nSPS) is 17.4. The smallest absolute Gasteiger partial charge is 0.317 e. The third-order valence-corrected chi connectivity index (χ3v) is 3.90. The second-order valence-corrected chi connectivity index (χ2v) is 5.55. The molecule has 0 unspecified atom stereocenters. The number of nitrogens with zero attached hydrogens (tertiary/aromatic N) is 2. The molecule has 4 nitrogen and oxygen atoms in total. The maximum absolute atomic E-state index is 13.6. The Bertz CT molecular complexity index is 502. The molecule has 1 fully saturated rings. The molecule has 1 aliphatic rings. The van der Waals surface area contributed by atoms with Crippen molar-refractivity contribution in [2.24, 2.45) is 0 Å². The Morgan fingerprint density at radius 3 is 2.50 bits per heavy atom. The van der Waals surface area contributed by atoms with Gasteiger partial charge in [0.05, 0.1) is 6.54 Å². The summed E-state index contributed by atoms with van der Waals surface area (Å²) in [6.45, 7) is 5.30. The van der Waals surface area contributed by atoms with Crippen LogP contribution < -0.4 is 0 Å². The van der Waals surface area contributed by atoms with E-state index in [0.717, 1.165) is 18.7 Å². The highest BCUT2D eigenvalue weighted by atomic mass is 35.5. The third-order valence-electron chi connectivity index (χ3n) is 3.55. The van der Waals surface area contributed by atoms with Crippen LogP contribution in [0, 0.1) is 12.7 Å². The van der Waals surface area contributed by atoms with Crippen LogP contribution >= 0.6 is 11.6 Å². The lowest BCUT2D eigenvalue weighted by Gasteiger charge is -2.33. The number of halogens is 2. The van der Waals surface area contributed by atoms with Gasteiger partial charge >= 0.3 is 5.97 Å². The molecule has 0 saturated carbocycles. The zero-order chi connectivity index (χ0) is 14.7. The molecule has 20 heavy (non-hydrogen) atoms. The number of aryl methyl sites for hydroxylation is 1. The van der Waals surface area contributed by atoms with Crippen molar-refractivity contribution in [3.63, 3.8) is 0 Å². The first-order chi connectivity index (χ1) is 9.45. The summed E-state index contributed by atoms with van der Waals surface area (Å²) in [4.78, 5) is 14.7. The number of carboxylic acids is 1. The van der Waals surface area contributed by atoms with Crippen molar-refractivity contribution in [1.29, 1.82) is 0 Å². The van der Waals surface area contributed by atoms with E-state index in [1.54, 1.807) is 13.0 Å². The lowest BCUT2D eigenvalue weighted by Crippen LogP contribution is -2.47. The second kappa shape index (κ2) is 6.52. The standard InChI is InChI=1S/C14H18ClFN2O2/c1-10-6-12(15)11(7-13(10)16)8-17-2-4-18(5-3-17)9-14(19)20/h6-7H,2-5,8-9H2,1H3,(H,19,20). The number of piperazine rings is 1. The third kappa shape index (κ3) is 3.91. The summed E-state index contributed by atoms with van der Waals surface area (Å²) in [7, 11) is 0. The van der Waals surface area contributed by atoms with Crippen LogP contribution in [-0.4, -0.2) is 53.6 Å². The van der Waals surface area contributed by atoms with E-state index in [1.165, 1.54) is 6.07 Å². The molecule has 1 saturated heterocycles. The van der Waals surface area contributed by atoms with Crippen LogP contribution in [0.15, 0.2) is 12.1 Å². The fourth-order valence-electron chi connectivity index (χ4n) is 2.35. The maximum atomic E-state index is 13.6. The first-order valence-corrected chi connectivity index (χ1v) is 6.94. The Labute approximate surface area is 122 Å². The zero-order valence-corrected chi connectivity index (χ0v) is 12.2. The molecule has 0 atom stereocenters. The number of rotatable bonds is 4. The van der Waals surface area contributed by atoms with E-state index in [-0.39, 0.29) is 12.4 Å². The molecule has 0 aromatic heterocycles. The Balaban J connectivity index is 1.93. The van der Waals surface area contributed by atoms with Gasteiger partial charge in [-0.15, -0.1) is 0 Å². The highest BCUT2D eigenvalue weighted by molar-refractivity contribution is 6.31. The lowest BCUT2D eigenvalue weighted by molar-refractivity contribution is -0.138. The summed E-state index contributed by atoms with van der Waals surface area (Å²) in [5.74, 6) is -1.05. The molecule has 1 aromatic rings. The minimum absolute atomic E-state index is 0.0771. The molecule has 2 rings (SSSR count). The largest absolute Gasteiger partial charge is 0.480 e. The van der Waals surface area contributed by atoms with Gasteiger partial charge in [-0.1, -0.05) is 11.6 Å². The maximum Gasteiger partial charge on any atom is 0.317 e. The number of hydrogen-bond acceptors (Lipinski definition) is 3. The molecular formula is C14H18ClFN2O2. The fourth-order valence-corrected chi connectivity index (χ4v) is 2.62. The number of benzene rings is 1. The SMILES string of the molecule is Cc1cc(Cl)c(CN2CCN(CC(=O)O)CC2)cc1F. The van der Waals surface area contributed by atoms with Crippen LogP contribution in [0.4, 0.5) is 4.39 Å². The van der Waals surface area contributed by atoms with E-state index >= 15 is 0 Å². The van der Waals surface area contributed by atoms with Crippen molar-refractivity contribution in [2.45, 2.75) is 13.5 Å². The predicted octanol–water partition coefficient (Wildman–Crippen LogP) is 1.99. The van der Waals surface area contributed by atoms with Crippen molar-refractivity contribution in [2.75, 3.05) is 32.7 Å². The van der Waals surface area contributed by atoms with E-state index in [9.17, 15) is 9.18 Å². The Kier molecular flexibility index (Phi) is 4.96. The topological polar surface area (TPSA) is 43.8 Å². The van der Waals surface area contributed by atoms with Gasteiger partial charge in [-0.2, -0.15) is 0 Å². The van der Waals surface area contributed by atoms with E-state index in [4.69, 9.17) is 16.7 Å². The highest BCUT2D eigenvalue weighted by Crippen LogP contribution is 2.22. The summed E-state index contributed by atoms with van der Waals surface area (Å²) in [5.41, 5.74) is 1.33. The quantitative estimate of drug-likeness (QED) is 0.923. The summed E-state index contributed by atoms with van der Waals surface area (Å²) >= 11 is 6.14. The van der Waals surface area contributed by atoms with Gasteiger partial charge in [-0.3, -0.25) is 14.6 Å². The number of carboxylic acid groups (broad SMARTS) is 1. The lowest BCUT2D eigenvalue weighted by atomic mass is 10.1. The summed E-state index contributed by atoms with van der Waals surface area (Å²) in [6, 6.07) is 3.13. The van der Waals surface area contributed by atoms with E-state index < -0.39 is 5.97 Å². The Hall–Kier alpha value is -1.17. The molecule has 0 radical (unpaired) electrons. The van der Waals surface area contributed by atoms with Gasteiger partial charge in [0.15, 0.2) is 0 Å². The Morgan fingerprint density at radius 2 is 1.90 bits per heavy atom. The minimum Gasteiger partial charge on any atom is -0.480 e. The molecule has 0 amide bonds. The molecular weight excluding hydrogens is 283 g/mol. The van der Waals surface area contributed by atoms with Crippen LogP contribution in [0.3, 0.4) is 0 Å². The minimum atomic E-state index is -0.804. The number of hydrogen-bond donors (Lipinski definition) is 1. The monoisotopic (exact) mass is 300 g/mol. The Morgan fingerprint density at radius 1 is 1.30 bits per heavy atom. The first-order valence-electron chi connectivity index (χ1n) is 6.56. The van der Waals surface area contributed by atoms with Gasteiger partial charge in [-0.05, 0) is 30.2 Å². The molecule has 1 aromatic carbocycles. The van der Waals surface area contributed by atoms with E-state index in [2.05, 4.69) is 4.90 Å². The zero-order valence-electron chi connectivity index (χ0n) is 11.4. The molecule has 1 heterocycles. The van der Waals surface area contributed by atoms with Crippen molar-refractivity contribution in [1.82, 2.24) is 9.80 Å². The van der Waals surface area contributed by atoms with Crippen molar-refractivity contribution >= 4 is 17.6 Å². The predicted molar refractivity (Wildman–Crippen MR) is 75.5 cm³/mol. The van der Waals surface area contributed by atoms with Gasteiger partial charge in [0.2, 0.25) is 0 Å². The van der Waals surface area contributed by atoms with Crippen molar-refractivity contribution in [3.8, 4) is 0 Å². The van der Waals surface area contributed by atoms with E-state index in [0.29, 0.717) is 30.2 Å². The molecule has 110 valence electrons. The van der Waals surface area contributed by atoms with Gasteiger partial charge in [-0.25, -0.2) is 4.39 Å². The molecule has 0 spiro atoms. The van der Waals surface area contributed by atoms with Crippen molar-refractivity contribution < 1.29 is 14.3 Å². The summed E-state index contributed by atoms with van der Waals surface area (Å²) < 4.78 is 13.6. The van der Waals surface area contributed by atoms with Crippen LogP contribution in [0.2, 0.25) is 5.02 Å². The van der Waals surface area contributed by atoms with Crippen LogP contribution in [0.5, 0.6) is 0 Å². The van der Waals surface area contributed by atoms with Crippen LogP contribution in [-0.2, 0) is 11.3 Å². The number of carbonyl (C=O) groups is 1. The molecule has 6 heteroatoms. The van der Waals surface area contributed by atoms with E-state index in [1.807, 2.05) is 4.90 Å². The molecule has 0 bridgehead atoms. The average Bonchev–Trinajstić information content (AvgIpc) is 2.37.